The maximum atomic E-state index is 13.8. The Hall–Kier alpha value is -2.26. The molecule has 0 amide bonds. The summed E-state index contributed by atoms with van der Waals surface area (Å²) in [6.07, 6.45) is 0.457. The van der Waals surface area contributed by atoms with Crippen LogP contribution in [0.4, 0.5) is 0 Å². The zero-order valence-corrected chi connectivity index (χ0v) is 17.4. The Labute approximate surface area is 162 Å². The van der Waals surface area contributed by atoms with Crippen molar-refractivity contribution in [2.75, 3.05) is 0 Å². The van der Waals surface area contributed by atoms with Crippen molar-refractivity contribution < 1.29 is 14.7 Å². The highest BCUT2D eigenvalue weighted by molar-refractivity contribution is 6.23. The second kappa shape index (κ2) is 7.77. The lowest BCUT2D eigenvalue weighted by Crippen LogP contribution is -2.46. The van der Waals surface area contributed by atoms with Gasteiger partial charge in [0.15, 0.2) is 0 Å². The van der Waals surface area contributed by atoms with Crippen molar-refractivity contribution in [1.29, 1.82) is 0 Å². The van der Waals surface area contributed by atoms with Crippen LogP contribution in [-0.2, 0) is 5.11 Å². The predicted molar refractivity (Wildman–Crippen MR) is 108 cm³/mol. The molecule has 0 fully saturated rings. The Bertz CT molecular complexity index is 790. The zero-order valence-electron chi connectivity index (χ0n) is 17.4. The van der Waals surface area contributed by atoms with Crippen molar-refractivity contribution in [3.05, 3.63) is 68.8 Å². The molecule has 2 aromatic carbocycles. The number of carbonyl (C=O) groups excluding carboxylic acids is 2. The molecule has 27 heavy (non-hydrogen) atoms. The van der Waals surface area contributed by atoms with E-state index in [-0.39, 0.29) is 6.42 Å². The fraction of sp³-hybridized carbons (Fsp3) is 0.417. The molecular weight excluding hydrogens is 336 g/mol. The highest BCUT2D eigenvalue weighted by Crippen LogP contribution is 2.31. The summed E-state index contributed by atoms with van der Waals surface area (Å²) in [6, 6.07) is 7.55. The molecule has 0 aromatic heterocycles. The second-order valence-electron chi connectivity index (χ2n) is 7.78. The van der Waals surface area contributed by atoms with Crippen LogP contribution >= 0.6 is 0 Å². The van der Waals surface area contributed by atoms with E-state index in [1.807, 2.05) is 72.7 Å². The molecule has 3 heteroatoms. The van der Waals surface area contributed by atoms with Gasteiger partial charge in [-0.25, -0.2) is 5.11 Å². The highest BCUT2D eigenvalue weighted by atomic mass is 16.3. The monoisotopic (exact) mass is 365 g/mol. The third-order valence-corrected chi connectivity index (χ3v) is 5.14. The van der Waals surface area contributed by atoms with Crippen LogP contribution in [0.15, 0.2) is 24.3 Å². The Balaban J connectivity index is 2.65. The fourth-order valence-electron chi connectivity index (χ4n) is 4.16. The fourth-order valence-corrected chi connectivity index (χ4v) is 4.16. The lowest BCUT2D eigenvalue weighted by atomic mass is 9.78. The lowest BCUT2D eigenvalue weighted by Gasteiger charge is -2.26. The molecule has 1 radical (unpaired) electrons. The Kier molecular flexibility index (Phi) is 6.06. The van der Waals surface area contributed by atoms with Gasteiger partial charge in [-0.2, -0.15) is 0 Å². The average molecular weight is 365 g/mol. The van der Waals surface area contributed by atoms with Crippen molar-refractivity contribution in [2.24, 2.45) is 0 Å². The van der Waals surface area contributed by atoms with Crippen LogP contribution in [0.5, 0.6) is 0 Å². The van der Waals surface area contributed by atoms with E-state index in [2.05, 4.69) is 0 Å². The topological polar surface area (TPSA) is 54.0 Å². The largest absolute Gasteiger partial charge is 0.290 e. The normalized spacial score (nSPS) is 11.6. The van der Waals surface area contributed by atoms with Crippen molar-refractivity contribution in [3.63, 3.8) is 0 Å². The molecule has 143 valence electrons. The minimum atomic E-state index is -2.30. The third kappa shape index (κ3) is 3.89. The minimum Gasteiger partial charge on any atom is -0.290 e. The van der Waals surface area contributed by atoms with E-state index in [4.69, 9.17) is 0 Å². The van der Waals surface area contributed by atoms with E-state index < -0.39 is 17.2 Å². The van der Waals surface area contributed by atoms with Gasteiger partial charge in [-0.1, -0.05) is 48.7 Å². The van der Waals surface area contributed by atoms with Gasteiger partial charge >= 0.3 is 0 Å². The van der Waals surface area contributed by atoms with Crippen molar-refractivity contribution in [2.45, 2.75) is 66.9 Å². The van der Waals surface area contributed by atoms with E-state index in [1.165, 1.54) is 0 Å². The maximum absolute atomic E-state index is 13.8. The molecule has 0 saturated carbocycles. The number of rotatable bonds is 6. The maximum Gasteiger partial charge on any atom is 0.228 e. The minimum absolute atomic E-state index is 0.00974. The van der Waals surface area contributed by atoms with Gasteiger partial charge in [-0.3, -0.25) is 9.59 Å². The van der Waals surface area contributed by atoms with Crippen LogP contribution in [0.3, 0.4) is 0 Å². The molecule has 0 N–H and O–H groups in total. The molecule has 0 aliphatic heterocycles. The summed E-state index contributed by atoms with van der Waals surface area (Å²) in [5, 5.41) is 13.8. The molecule has 0 aliphatic rings. The zero-order chi connectivity index (χ0) is 20.5. The summed E-state index contributed by atoms with van der Waals surface area (Å²) in [5.74, 6) is -1.22. The SMILES string of the molecule is CCCC([O])(C(=O)c1c(C)cc(C)cc1C)C(=O)c1c(C)cc(C)cc1C. The van der Waals surface area contributed by atoms with Crippen LogP contribution in [0, 0.1) is 41.5 Å². The first kappa shape index (κ1) is 21.0. The molecule has 2 rings (SSSR count). The van der Waals surface area contributed by atoms with Gasteiger partial charge in [-0.05, 0) is 70.2 Å². The van der Waals surface area contributed by atoms with Crippen LogP contribution in [0.1, 0.15) is 73.9 Å². The molecule has 0 bridgehead atoms. The number of aryl methyl sites for hydroxylation is 6. The van der Waals surface area contributed by atoms with Gasteiger partial charge in [0.05, 0.1) is 0 Å². The van der Waals surface area contributed by atoms with E-state index in [1.54, 1.807) is 0 Å². The number of benzene rings is 2. The summed E-state index contributed by atoms with van der Waals surface area (Å²) >= 11 is 0. The molecule has 0 spiro atoms. The highest BCUT2D eigenvalue weighted by Gasteiger charge is 2.47. The summed E-state index contributed by atoms with van der Waals surface area (Å²) in [6.45, 7) is 13.0. The number of ketones is 2. The summed E-state index contributed by atoms with van der Waals surface area (Å²) in [7, 11) is 0. The summed E-state index contributed by atoms with van der Waals surface area (Å²) in [5.41, 5.74) is 3.54. The molecular formula is C24H29O3. The van der Waals surface area contributed by atoms with Crippen LogP contribution in [0.25, 0.3) is 0 Å². The van der Waals surface area contributed by atoms with Crippen molar-refractivity contribution in [1.82, 2.24) is 0 Å². The number of carbonyl (C=O) groups is 2. The quantitative estimate of drug-likeness (QED) is 0.496. The first-order valence-corrected chi connectivity index (χ1v) is 9.48. The smallest absolute Gasteiger partial charge is 0.228 e. The van der Waals surface area contributed by atoms with Crippen LogP contribution in [-0.4, -0.2) is 17.2 Å². The number of hydrogen-bond donors (Lipinski definition) is 0. The molecule has 3 nitrogen and oxygen atoms in total. The molecule has 2 aromatic rings. The molecule has 0 unspecified atom stereocenters. The van der Waals surface area contributed by atoms with Gasteiger partial charge in [0.1, 0.15) is 0 Å². The van der Waals surface area contributed by atoms with E-state index >= 15 is 0 Å². The first-order valence-electron chi connectivity index (χ1n) is 9.48. The molecule has 0 saturated heterocycles. The van der Waals surface area contributed by atoms with E-state index in [9.17, 15) is 14.7 Å². The Morgan fingerprint density at radius 3 is 1.26 bits per heavy atom. The van der Waals surface area contributed by atoms with E-state index in [0.717, 1.165) is 33.4 Å². The number of hydrogen-bond acceptors (Lipinski definition) is 2. The number of Topliss-reactive ketones (excluding diaryl/α,β-unsaturated/α-hetero) is 2. The Morgan fingerprint density at radius 2 is 1.00 bits per heavy atom. The molecule has 0 aliphatic carbocycles. The third-order valence-electron chi connectivity index (χ3n) is 5.14. The Morgan fingerprint density at radius 1 is 0.704 bits per heavy atom. The standard InChI is InChI=1S/C24H29O3/c1-8-9-24(27,22(25)20-16(4)10-14(2)11-17(20)5)23(26)21-18(6)12-15(3)13-19(21)7/h10-13H,8-9H2,1-7H3. The lowest BCUT2D eigenvalue weighted by molar-refractivity contribution is -0.00601. The first-order chi connectivity index (χ1) is 12.5. The van der Waals surface area contributed by atoms with Gasteiger partial charge in [0.25, 0.3) is 0 Å². The average Bonchev–Trinajstić information content (AvgIpc) is 2.52. The van der Waals surface area contributed by atoms with Gasteiger partial charge in [0.2, 0.25) is 17.2 Å². The van der Waals surface area contributed by atoms with E-state index in [0.29, 0.717) is 17.5 Å². The van der Waals surface area contributed by atoms with Gasteiger partial charge in [-0.15, -0.1) is 0 Å². The van der Waals surface area contributed by atoms with Gasteiger partial charge in [0, 0.05) is 11.1 Å². The van der Waals surface area contributed by atoms with Crippen molar-refractivity contribution in [3.8, 4) is 0 Å². The second-order valence-corrected chi connectivity index (χ2v) is 7.78. The summed E-state index contributed by atoms with van der Waals surface area (Å²) in [4.78, 5) is 26.8. The van der Waals surface area contributed by atoms with Crippen molar-refractivity contribution >= 4 is 11.6 Å². The van der Waals surface area contributed by atoms with Crippen LogP contribution in [0.2, 0.25) is 0 Å². The molecule has 0 atom stereocenters. The predicted octanol–water partition coefficient (Wildman–Crippen LogP) is 5.57. The van der Waals surface area contributed by atoms with Crippen LogP contribution < -0.4 is 0 Å². The molecule has 0 heterocycles. The summed E-state index contributed by atoms with van der Waals surface area (Å²) < 4.78 is 0. The van der Waals surface area contributed by atoms with Gasteiger partial charge < -0.3 is 0 Å².